The van der Waals surface area contributed by atoms with Crippen molar-refractivity contribution >= 4 is 41.7 Å². The van der Waals surface area contributed by atoms with Gasteiger partial charge in [-0.3, -0.25) is 4.99 Å². The van der Waals surface area contributed by atoms with Gasteiger partial charge in [-0.2, -0.15) is 11.8 Å². The molecule has 0 aromatic rings. The predicted molar refractivity (Wildman–Crippen MR) is 104 cm³/mol. The fraction of sp³-hybridized carbons (Fsp3) is 0.933. The molecule has 1 rings (SSSR count). The Kier molecular flexibility index (Phi) is 12.2. The Morgan fingerprint density at radius 1 is 1.30 bits per heavy atom. The van der Waals surface area contributed by atoms with Crippen LogP contribution in [0, 0.1) is 5.92 Å². The van der Waals surface area contributed by atoms with Gasteiger partial charge in [0.1, 0.15) is 0 Å². The first-order valence-electron chi connectivity index (χ1n) is 7.73. The summed E-state index contributed by atoms with van der Waals surface area (Å²) >= 11 is 2.01. The maximum atomic E-state index is 4.36. The molecule has 0 amide bonds. The van der Waals surface area contributed by atoms with E-state index >= 15 is 0 Å². The number of hydrogen-bond acceptors (Lipinski definition) is 2. The van der Waals surface area contributed by atoms with Crippen LogP contribution < -0.4 is 10.6 Å². The first kappa shape index (κ1) is 20.3. The van der Waals surface area contributed by atoms with E-state index in [0.29, 0.717) is 6.04 Å². The average molecular weight is 413 g/mol. The normalized spacial score (nSPS) is 23.4. The van der Waals surface area contributed by atoms with Crippen LogP contribution in [0.2, 0.25) is 0 Å². The summed E-state index contributed by atoms with van der Waals surface area (Å²) in [5, 5.41) is 7.91. The number of nitrogens with zero attached hydrogens (tertiary/aromatic N) is 1. The Bertz CT molecular complexity index is 270. The summed E-state index contributed by atoms with van der Waals surface area (Å²) in [6.07, 6.45) is 9.96. The van der Waals surface area contributed by atoms with Crippen molar-refractivity contribution in [1.82, 2.24) is 10.6 Å². The smallest absolute Gasteiger partial charge is 0.191 e. The molecule has 1 fully saturated rings. The molecule has 2 unspecified atom stereocenters. The lowest BCUT2D eigenvalue weighted by molar-refractivity contribution is 0.415. The lowest BCUT2D eigenvalue weighted by Crippen LogP contribution is -2.46. The molecule has 1 aliphatic rings. The van der Waals surface area contributed by atoms with Gasteiger partial charge in [-0.25, -0.2) is 0 Å². The summed E-state index contributed by atoms with van der Waals surface area (Å²) < 4.78 is 0. The molecule has 2 N–H and O–H groups in total. The SMILES string of the molecule is CCC(CC)CNC(=NC)NC1CCCC(SC)C1.I. The molecule has 0 heterocycles. The van der Waals surface area contributed by atoms with Gasteiger partial charge in [-0.15, -0.1) is 24.0 Å². The van der Waals surface area contributed by atoms with Gasteiger partial charge in [0.25, 0.3) is 0 Å². The number of aliphatic imine (C=N–C) groups is 1. The van der Waals surface area contributed by atoms with E-state index in [2.05, 4.69) is 35.7 Å². The van der Waals surface area contributed by atoms with Crippen LogP contribution in [-0.4, -0.2) is 37.1 Å². The zero-order chi connectivity index (χ0) is 14.1. The van der Waals surface area contributed by atoms with Gasteiger partial charge in [0, 0.05) is 24.9 Å². The summed E-state index contributed by atoms with van der Waals surface area (Å²) in [7, 11) is 1.87. The van der Waals surface area contributed by atoms with Crippen LogP contribution in [0.5, 0.6) is 0 Å². The zero-order valence-electron chi connectivity index (χ0n) is 13.4. The molecule has 0 aromatic carbocycles. The van der Waals surface area contributed by atoms with E-state index in [1.165, 1.54) is 38.5 Å². The van der Waals surface area contributed by atoms with E-state index in [-0.39, 0.29) is 24.0 Å². The minimum atomic E-state index is 0. The second kappa shape index (κ2) is 12.0. The number of guanidine groups is 1. The van der Waals surface area contributed by atoms with Crippen LogP contribution in [0.3, 0.4) is 0 Å². The monoisotopic (exact) mass is 413 g/mol. The van der Waals surface area contributed by atoms with E-state index in [0.717, 1.165) is 23.7 Å². The van der Waals surface area contributed by atoms with Crippen molar-refractivity contribution in [2.24, 2.45) is 10.9 Å². The van der Waals surface area contributed by atoms with Gasteiger partial charge in [0.15, 0.2) is 5.96 Å². The number of thioether (sulfide) groups is 1. The molecule has 1 saturated carbocycles. The van der Waals surface area contributed by atoms with Gasteiger partial charge in [-0.05, 0) is 31.4 Å². The highest BCUT2D eigenvalue weighted by atomic mass is 127. The summed E-state index contributed by atoms with van der Waals surface area (Å²) in [6, 6.07) is 0.596. The maximum absolute atomic E-state index is 4.36. The summed E-state index contributed by atoms with van der Waals surface area (Å²) in [6.45, 7) is 5.55. The van der Waals surface area contributed by atoms with Gasteiger partial charge in [-0.1, -0.05) is 33.1 Å². The number of halogens is 1. The Morgan fingerprint density at radius 2 is 2.00 bits per heavy atom. The Hall–Kier alpha value is 0.350. The van der Waals surface area contributed by atoms with Gasteiger partial charge >= 0.3 is 0 Å². The van der Waals surface area contributed by atoms with E-state index < -0.39 is 0 Å². The average Bonchev–Trinajstić information content (AvgIpc) is 2.47. The highest BCUT2D eigenvalue weighted by Crippen LogP contribution is 2.26. The van der Waals surface area contributed by atoms with E-state index in [4.69, 9.17) is 0 Å². The van der Waals surface area contributed by atoms with Crippen LogP contribution in [0.4, 0.5) is 0 Å². The third-order valence-corrected chi connectivity index (χ3v) is 5.33. The molecule has 0 aromatic heterocycles. The topological polar surface area (TPSA) is 36.4 Å². The van der Waals surface area contributed by atoms with Crippen LogP contribution in [0.1, 0.15) is 52.4 Å². The highest BCUT2D eigenvalue weighted by molar-refractivity contribution is 14.0. The minimum absolute atomic E-state index is 0. The summed E-state index contributed by atoms with van der Waals surface area (Å²) in [5.41, 5.74) is 0. The lowest BCUT2D eigenvalue weighted by Gasteiger charge is -2.30. The molecule has 0 bridgehead atoms. The third-order valence-electron chi connectivity index (χ3n) is 4.24. The van der Waals surface area contributed by atoms with Crippen LogP contribution in [0.25, 0.3) is 0 Å². The molecule has 0 spiro atoms. The molecule has 5 heteroatoms. The third kappa shape index (κ3) is 7.38. The number of nitrogens with one attached hydrogen (secondary N) is 2. The molecule has 20 heavy (non-hydrogen) atoms. The van der Waals surface area contributed by atoms with Crippen LogP contribution in [0.15, 0.2) is 4.99 Å². The second-order valence-corrected chi connectivity index (χ2v) is 6.64. The van der Waals surface area contributed by atoms with Crippen molar-refractivity contribution in [3.05, 3.63) is 0 Å². The van der Waals surface area contributed by atoms with Gasteiger partial charge in [0.05, 0.1) is 0 Å². The first-order chi connectivity index (χ1) is 9.23. The van der Waals surface area contributed by atoms with Crippen molar-refractivity contribution in [2.45, 2.75) is 63.7 Å². The Morgan fingerprint density at radius 3 is 2.55 bits per heavy atom. The van der Waals surface area contributed by atoms with E-state index in [9.17, 15) is 0 Å². The number of hydrogen-bond donors (Lipinski definition) is 2. The molecule has 0 saturated heterocycles. The molecule has 3 nitrogen and oxygen atoms in total. The summed E-state index contributed by atoms with van der Waals surface area (Å²) in [5.74, 6) is 1.74. The van der Waals surface area contributed by atoms with Crippen molar-refractivity contribution in [3.8, 4) is 0 Å². The largest absolute Gasteiger partial charge is 0.356 e. The fourth-order valence-electron chi connectivity index (χ4n) is 2.70. The maximum Gasteiger partial charge on any atom is 0.191 e. The zero-order valence-corrected chi connectivity index (χ0v) is 16.6. The van der Waals surface area contributed by atoms with Crippen molar-refractivity contribution < 1.29 is 0 Å². The van der Waals surface area contributed by atoms with E-state index in [1.807, 2.05) is 18.8 Å². The molecule has 1 aliphatic carbocycles. The molecule has 120 valence electrons. The van der Waals surface area contributed by atoms with Gasteiger partial charge < -0.3 is 10.6 Å². The second-order valence-electron chi connectivity index (χ2n) is 5.50. The highest BCUT2D eigenvalue weighted by Gasteiger charge is 2.21. The summed E-state index contributed by atoms with van der Waals surface area (Å²) in [4.78, 5) is 4.36. The van der Waals surface area contributed by atoms with E-state index in [1.54, 1.807) is 0 Å². The van der Waals surface area contributed by atoms with Crippen molar-refractivity contribution in [1.29, 1.82) is 0 Å². The quantitative estimate of drug-likeness (QED) is 0.394. The molecule has 2 atom stereocenters. The fourth-order valence-corrected chi connectivity index (χ4v) is 3.52. The van der Waals surface area contributed by atoms with Crippen LogP contribution in [-0.2, 0) is 0 Å². The molecular weight excluding hydrogens is 381 g/mol. The predicted octanol–water partition coefficient (Wildman–Crippen LogP) is 3.88. The van der Waals surface area contributed by atoms with Crippen molar-refractivity contribution in [3.63, 3.8) is 0 Å². The van der Waals surface area contributed by atoms with Crippen molar-refractivity contribution in [2.75, 3.05) is 19.8 Å². The molecule has 0 radical (unpaired) electrons. The Labute approximate surface area is 146 Å². The standard InChI is InChI=1S/C15H31N3S.HI/c1-5-12(6-2)11-17-15(16-3)18-13-8-7-9-14(10-13)19-4;/h12-14H,5-11H2,1-4H3,(H2,16,17,18);1H. The minimum Gasteiger partial charge on any atom is -0.356 e. The molecule has 0 aliphatic heterocycles. The van der Waals surface area contributed by atoms with Crippen LogP contribution >= 0.6 is 35.7 Å². The van der Waals surface area contributed by atoms with Gasteiger partial charge in [0.2, 0.25) is 0 Å². The molecular formula is C15H32IN3S. The Balaban J connectivity index is 0.00000361. The first-order valence-corrected chi connectivity index (χ1v) is 9.02. The lowest BCUT2D eigenvalue weighted by atomic mass is 9.95. The number of rotatable bonds is 6.